The van der Waals surface area contributed by atoms with Crippen molar-refractivity contribution in [3.8, 4) is 16.3 Å². The van der Waals surface area contributed by atoms with Crippen LogP contribution in [0.3, 0.4) is 0 Å². The van der Waals surface area contributed by atoms with Gasteiger partial charge < -0.3 is 9.84 Å². The Hall–Kier alpha value is -4.30. The number of ketones is 1. The first-order valence-electron chi connectivity index (χ1n) is 10.9. The summed E-state index contributed by atoms with van der Waals surface area (Å²) in [6, 6.07) is 19.1. The molecule has 8 heteroatoms. The fourth-order valence-corrected chi connectivity index (χ4v) is 5.18. The van der Waals surface area contributed by atoms with Gasteiger partial charge in [0.25, 0.3) is 5.91 Å². The Morgan fingerprint density at radius 1 is 1.09 bits per heavy atom. The number of hydrogen-bond acceptors (Lipinski definition) is 7. The average molecular weight is 484 g/mol. The van der Waals surface area contributed by atoms with Crippen LogP contribution < -0.4 is 9.64 Å². The number of Topliss-reactive ketones (excluding diaryl/α,β-unsaturated/α-hetero) is 1. The van der Waals surface area contributed by atoms with E-state index < -0.39 is 23.5 Å². The van der Waals surface area contributed by atoms with E-state index in [1.807, 2.05) is 30.3 Å². The van der Waals surface area contributed by atoms with E-state index in [1.165, 1.54) is 23.3 Å². The quantitative estimate of drug-likeness (QED) is 0.374. The number of amides is 1. The number of pyridine rings is 1. The van der Waals surface area contributed by atoms with Crippen molar-refractivity contribution in [1.82, 2.24) is 9.97 Å². The summed E-state index contributed by atoms with van der Waals surface area (Å²) in [6.07, 6.45) is 3.20. The number of benzene rings is 2. The van der Waals surface area contributed by atoms with Gasteiger partial charge >= 0.3 is 0 Å². The largest absolute Gasteiger partial charge is 0.503 e. The van der Waals surface area contributed by atoms with Gasteiger partial charge in [-0.05, 0) is 30.7 Å². The molecule has 2 aromatic carbocycles. The molecule has 0 fully saturated rings. The molecule has 174 valence electrons. The number of aromatic nitrogens is 2. The van der Waals surface area contributed by atoms with Gasteiger partial charge in [0.1, 0.15) is 10.8 Å². The van der Waals surface area contributed by atoms with Crippen molar-refractivity contribution in [3.63, 3.8) is 0 Å². The van der Waals surface area contributed by atoms with Crippen LogP contribution in [0.15, 0.2) is 90.5 Å². The maximum atomic E-state index is 13.9. The van der Waals surface area contributed by atoms with Crippen molar-refractivity contribution in [3.05, 3.63) is 107 Å². The van der Waals surface area contributed by atoms with Crippen LogP contribution in [0.25, 0.3) is 10.6 Å². The lowest BCUT2D eigenvalue weighted by atomic mass is 9.96. The van der Waals surface area contributed by atoms with Gasteiger partial charge in [-0.25, -0.2) is 4.98 Å². The summed E-state index contributed by atoms with van der Waals surface area (Å²) in [7, 11) is 1.53. The molecule has 2 aromatic heterocycles. The molecule has 0 aliphatic carbocycles. The fourth-order valence-electron chi connectivity index (χ4n) is 4.15. The fraction of sp³-hybridized carbons (Fsp3) is 0.111. The monoisotopic (exact) mass is 483 g/mol. The first-order valence-corrected chi connectivity index (χ1v) is 11.7. The number of rotatable bonds is 6. The number of nitrogens with zero attached hydrogens (tertiary/aromatic N) is 3. The van der Waals surface area contributed by atoms with E-state index in [4.69, 9.17) is 4.74 Å². The maximum Gasteiger partial charge on any atom is 0.294 e. The van der Waals surface area contributed by atoms with E-state index in [1.54, 1.807) is 55.7 Å². The molecular formula is C27H21N3O4S. The molecule has 1 unspecified atom stereocenters. The highest BCUT2D eigenvalue weighted by atomic mass is 32.1. The summed E-state index contributed by atoms with van der Waals surface area (Å²) in [4.78, 5) is 37.8. The van der Waals surface area contributed by atoms with Crippen LogP contribution in [0.1, 0.15) is 27.0 Å². The molecule has 1 aliphatic heterocycles. The third-order valence-electron chi connectivity index (χ3n) is 5.81. The van der Waals surface area contributed by atoms with Crippen molar-refractivity contribution in [1.29, 1.82) is 0 Å². The standard InChI is InChI=1S/C27H21N3O4S/c1-16-25(35-26(29-16)17-8-4-3-5-9-17)23(31)21-22(18-10-7-13-28-15-18)30(27(33)24(21)32)19-11-6-12-20(14-19)34-2/h3-15,22,32H,1-2H3. The van der Waals surface area contributed by atoms with E-state index >= 15 is 0 Å². The summed E-state index contributed by atoms with van der Waals surface area (Å²) in [5.74, 6) is -1.14. The smallest absolute Gasteiger partial charge is 0.294 e. The highest BCUT2D eigenvalue weighted by molar-refractivity contribution is 7.17. The number of aliphatic hydroxyl groups excluding tert-OH is 1. The Morgan fingerprint density at radius 2 is 1.89 bits per heavy atom. The summed E-state index contributed by atoms with van der Waals surface area (Å²) >= 11 is 1.24. The zero-order chi connectivity index (χ0) is 24.5. The molecule has 1 aliphatic rings. The van der Waals surface area contributed by atoms with Crippen molar-refractivity contribution in [2.45, 2.75) is 13.0 Å². The molecule has 5 rings (SSSR count). The molecule has 0 saturated carbocycles. The number of methoxy groups -OCH3 is 1. The predicted molar refractivity (Wildman–Crippen MR) is 134 cm³/mol. The summed E-state index contributed by atoms with van der Waals surface area (Å²) < 4.78 is 5.32. The van der Waals surface area contributed by atoms with Gasteiger partial charge in [-0.2, -0.15) is 0 Å². The molecule has 1 N–H and O–H groups in total. The first kappa shape index (κ1) is 22.5. The minimum atomic E-state index is -0.863. The lowest BCUT2D eigenvalue weighted by Crippen LogP contribution is -2.31. The van der Waals surface area contributed by atoms with Gasteiger partial charge in [0.2, 0.25) is 5.78 Å². The first-order chi connectivity index (χ1) is 17.0. The SMILES string of the molecule is COc1cccc(N2C(=O)C(O)=C(C(=O)c3sc(-c4ccccc4)nc3C)C2c2cccnc2)c1. The zero-order valence-corrected chi connectivity index (χ0v) is 19.8. The minimum absolute atomic E-state index is 0.00261. The lowest BCUT2D eigenvalue weighted by molar-refractivity contribution is -0.117. The number of carbonyl (C=O) groups is 2. The van der Waals surface area contributed by atoms with Gasteiger partial charge in [0.15, 0.2) is 5.76 Å². The summed E-state index contributed by atoms with van der Waals surface area (Å²) in [5, 5.41) is 11.7. The second-order valence-electron chi connectivity index (χ2n) is 7.96. The van der Waals surface area contributed by atoms with Crippen molar-refractivity contribution >= 4 is 28.7 Å². The summed E-state index contributed by atoms with van der Waals surface area (Å²) in [5.41, 5.74) is 2.51. The second-order valence-corrected chi connectivity index (χ2v) is 8.96. The van der Waals surface area contributed by atoms with Gasteiger partial charge in [0, 0.05) is 29.7 Å². The van der Waals surface area contributed by atoms with E-state index in [0.717, 1.165) is 5.56 Å². The molecule has 35 heavy (non-hydrogen) atoms. The summed E-state index contributed by atoms with van der Waals surface area (Å²) in [6.45, 7) is 1.75. The molecule has 4 aromatic rings. The van der Waals surface area contributed by atoms with Crippen LogP contribution >= 0.6 is 11.3 Å². The number of aliphatic hydroxyl groups is 1. The van der Waals surface area contributed by atoms with E-state index in [2.05, 4.69) is 9.97 Å². The average Bonchev–Trinajstić information content (AvgIpc) is 3.42. The Labute approximate surface area is 206 Å². The molecule has 0 radical (unpaired) electrons. The van der Waals surface area contributed by atoms with E-state index in [9.17, 15) is 14.7 Å². The maximum absolute atomic E-state index is 13.9. The molecule has 0 bridgehead atoms. The van der Waals surface area contributed by atoms with E-state index in [-0.39, 0.29) is 5.57 Å². The normalized spacial score (nSPS) is 15.5. The third kappa shape index (κ3) is 3.98. The van der Waals surface area contributed by atoms with Crippen LogP contribution in [0.5, 0.6) is 5.75 Å². The number of ether oxygens (including phenoxy) is 1. The molecule has 1 amide bonds. The highest BCUT2D eigenvalue weighted by Crippen LogP contribution is 2.43. The van der Waals surface area contributed by atoms with Gasteiger partial charge in [-0.1, -0.05) is 42.5 Å². The highest BCUT2D eigenvalue weighted by Gasteiger charge is 2.45. The predicted octanol–water partition coefficient (Wildman–Crippen LogP) is 5.31. The van der Waals surface area contributed by atoms with Gasteiger partial charge in [-0.15, -0.1) is 11.3 Å². The number of anilines is 1. The minimum Gasteiger partial charge on any atom is -0.503 e. The molecule has 1 atom stereocenters. The van der Waals surface area contributed by atoms with Gasteiger partial charge in [-0.3, -0.25) is 19.5 Å². The Morgan fingerprint density at radius 3 is 2.60 bits per heavy atom. The van der Waals surface area contributed by atoms with Crippen molar-refractivity contribution in [2.75, 3.05) is 12.0 Å². The lowest BCUT2D eigenvalue weighted by Gasteiger charge is -2.26. The third-order valence-corrected chi connectivity index (χ3v) is 7.01. The van der Waals surface area contributed by atoms with Crippen LogP contribution in [0.4, 0.5) is 5.69 Å². The number of hydrogen-bond donors (Lipinski definition) is 1. The molecule has 0 spiro atoms. The Kier molecular flexibility index (Phi) is 5.88. The van der Waals surface area contributed by atoms with Gasteiger partial charge in [0.05, 0.1) is 29.3 Å². The number of thiazole rings is 1. The van der Waals surface area contributed by atoms with Crippen LogP contribution in [-0.2, 0) is 4.79 Å². The van der Waals surface area contributed by atoms with Crippen LogP contribution in [0, 0.1) is 6.92 Å². The zero-order valence-electron chi connectivity index (χ0n) is 19.0. The van der Waals surface area contributed by atoms with Crippen LogP contribution in [-0.4, -0.2) is 33.9 Å². The van der Waals surface area contributed by atoms with E-state index in [0.29, 0.717) is 32.6 Å². The second kappa shape index (κ2) is 9.15. The molecular weight excluding hydrogens is 462 g/mol. The number of aryl methyl sites for hydroxylation is 1. The van der Waals surface area contributed by atoms with Crippen molar-refractivity contribution < 1.29 is 19.4 Å². The number of carbonyl (C=O) groups excluding carboxylic acids is 2. The molecule has 7 nitrogen and oxygen atoms in total. The Balaban J connectivity index is 1.62. The van der Waals surface area contributed by atoms with Crippen molar-refractivity contribution in [2.24, 2.45) is 0 Å². The molecule has 3 heterocycles. The Bertz CT molecular complexity index is 1450. The topological polar surface area (TPSA) is 92.6 Å². The van der Waals surface area contributed by atoms with Crippen LogP contribution in [0.2, 0.25) is 0 Å². The molecule has 0 saturated heterocycles.